The van der Waals surface area contributed by atoms with Crippen LogP contribution in [-0.2, 0) is 9.53 Å². The SMILES string of the molecule is CC(C)(C)N1CC(C2CCNCC2)OCC1=O. The Labute approximate surface area is 104 Å². The predicted octanol–water partition coefficient (Wildman–Crippen LogP) is 1.01. The highest BCUT2D eigenvalue weighted by molar-refractivity contribution is 5.78. The summed E-state index contributed by atoms with van der Waals surface area (Å²) >= 11 is 0. The van der Waals surface area contributed by atoms with Crippen molar-refractivity contribution in [2.45, 2.75) is 45.3 Å². The average Bonchev–Trinajstić information content (AvgIpc) is 2.29. The van der Waals surface area contributed by atoms with E-state index in [-0.39, 0.29) is 24.2 Å². The highest BCUT2D eigenvalue weighted by atomic mass is 16.5. The van der Waals surface area contributed by atoms with Crippen LogP contribution in [0.15, 0.2) is 0 Å². The van der Waals surface area contributed by atoms with Gasteiger partial charge in [-0.05, 0) is 52.6 Å². The molecule has 1 N–H and O–H groups in total. The zero-order chi connectivity index (χ0) is 12.5. The van der Waals surface area contributed by atoms with Crippen molar-refractivity contribution in [3.63, 3.8) is 0 Å². The second-order valence-corrected chi connectivity index (χ2v) is 6.11. The monoisotopic (exact) mass is 240 g/mol. The first-order valence-electron chi connectivity index (χ1n) is 6.61. The van der Waals surface area contributed by atoms with Crippen LogP contribution in [0.3, 0.4) is 0 Å². The third-order valence-electron chi connectivity index (χ3n) is 3.80. The first kappa shape index (κ1) is 12.8. The van der Waals surface area contributed by atoms with Crippen LogP contribution in [0.2, 0.25) is 0 Å². The molecule has 1 unspecified atom stereocenters. The number of nitrogens with zero attached hydrogens (tertiary/aromatic N) is 1. The molecule has 0 bridgehead atoms. The molecule has 2 rings (SSSR count). The zero-order valence-corrected chi connectivity index (χ0v) is 11.2. The molecular weight excluding hydrogens is 216 g/mol. The molecule has 0 aliphatic carbocycles. The van der Waals surface area contributed by atoms with Crippen molar-refractivity contribution >= 4 is 5.91 Å². The maximum atomic E-state index is 11.9. The fourth-order valence-electron chi connectivity index (χ4n) is 2.74. The summed E-state index contributed by atoms with van der Waals surface area (Å²) in [6.07, 6.45) is 2.56. The summed E-state index contributed by atoms with van der Waals surface area (Å²) in [5.41, 5.74) is -0.0912. The molecule has 0 aromatic heterocycles. The lowest BCUT2D eigenvalue weighted by Gasteiger charge is -2.44. The van der Waals surface area contributed by atoms with Gasteiger partial charge in [0, 0.05) is 12.1 Å². The number of carbonyl (C=O) groups excluding carboxylic acids is 1. The van der Waals surface area contributed by atoms with Crippen molar-refractivity contribution in [3.8, 4) is 0 Å². The van der Waals surface area contributed by atoms with Gasteiger partial charge in [0.25, 0.3) is 0 Å². The lowest BCUT2D eigenvalue weighted by Crippen LogP contribution is -2.57. The molecule has 2 saturated heterocycles. The van der Waals surface area contributed by atoms with Crippen molar-refractivity contribution in [1.29, 1.82) is 0 Å². The number of amides is 1. The Bertz CT molecular complexity index is 280. The number of ether oxygens (including phenoxy) is 1. The molecule has 0 spiro atoms. The Morgan fingerprint density at radius 1 is 1.29 bits per heavy atom. The van der Waals surface area contributed by atoms with Gasteiger partial charge in [-0.2, -0.15) is 0 Å². The van der Waals surface area contributed by atoms with Gasteiger partial charge in [-0.3, -0.25) is 4.79 Å². The predicted molar refractivity (Wildman–Crippen MR) is 66.8 cm³/mol. The minimum absolute atomic E-state index is 0.0912. The van der Waals surface area contributed by atoms with Crippen LogP contribution in [-0.4, -0.2) is 48.7 Å². The van der Waals surface area contributed by atoms with Gasteiger partial charge < -0.3 is 15.0 Å². The lowest BCUT2D eigenvalue weighted by atomic mass is 9.90. The molecule has 4 nitrogen and oxygen atoms in total. The van der Waals surface area contributed by atoms with Gasteiger partial charge >= 0.3 is 0 Å². The van der Waals surface area contributed by atoms with E-state index in [1.807, 2.05) is 4.90 Å². The van der Waals surface area contributed by atoms with E-state index in [1.165, 1.54) is 0 Å². The molecule has 0 saturated carbocycles. The molecule has 0 aromatic carbocycles. The third kappa shape index (κ3) is 2.99. The third-order valence-corrected chi connectivity index (χ3v) is 3.80. The number of hydrogen-bond acceptors (Lipinski definition) is 3. The number of nitrogens with one attached hydrogen (secondary N) is 1. The van der Waals surface area contributed by atoms with Gasteiger partial charge in [0.05, 0.1) is 6.10 Å². The van der Waals surface area contributed by atoms with Gasteiger partial charge in [0.1, 0.15) is 6.61 Å². The maximum absolute atomic E-state index is 11.9. The number of hydrogen-bond donors (Lipinski definition) is 1. The van der Waals surface area contributed by atoms with Crippen molar-refractivity contribution in [2.75, 3.05) is 26.2 Å². The highest BCUT2D eigenvalue weighted by Gasteiger charge is 2.36. The molecule has 1 atom stereocenters. The Morgan fingerprint density at radius 3 is 2.53 bits per heavy atom. The Kier molecular flexibility index (Phi) is 3.73. The van der Waals surface area contributed by atoms with Crippen LogP contribution < -0.4 is 5.32 Å². The number of rotatable bonds is 1. The van der Waals surface area contributed by atoms with Crippen molar-refractivity contribution in [1.82, 2.24) is 10.2 Å². The standard InChI is InChI=1S/C13H24N2O2/c1-13(2,3)15-8-11(17-9-12(15)16)10-4-6-14-7-5-10/h10-11,14H,4-9H2,1-3H3. The van der Waals surface area contributed by atoms with E-state index in [9.17, 15) is 4.79 Å². The van der Waals surface area contributed by atoms with E-state index in [1.54, 1.807) is 0 Å². The largest absolute Gasteiger partial charge is 0.366 e. The maximum Gasteiger partial charge on any atom is 0.249 e. The molecule has 2 aliphatic rings. The molecule has 2 heterocycles. The van der Waals surface area contributed by atoms with Crippen LogP contribution in [0.25, 0.3) is 0 Å². The molecule has 2 aliphatic heterocycles. The number of piperidine rings is 1. The van der Waals surface area contributed by atoms with E-state index in [2.05, 4.69) is 26.1 Å². The lowest BCUT2D eigenvalue weighted by molar-refractivity contribution is -0.160. The minimum Gasteiger partial charge on any atom is -0.366 e. The van der Waals surface area contributed by atoms with Crippen molar-refractivity contribution < 1.29 is 9.53 Å². The summed E-state index contributed by atoms with van der Waals surface area (Å²) in [6.45, 7) is 9.45. The quantitative estimate of drug-likeness (QED) is 0.744. The van der Waals surface area contributed by atoms with Crippen molar-refractivity contribution in [3.05, 3.63) is 0 Å². The van der Waals surface area contributed by atoms with E-state index < -0.39 is 0 Å². The van der Waals surface area contributed by atoms with Gasteiger partial charge in [-0.1, -0.05) is 0 Å². The second-order valence-electron chi connectivity index (χ2n) is 6.11. The highest BCUT2D eigenvalue weighted by Crippen LogP contribution is 2.26. The van der Waals surface area contributed by atoms with Crippen molar-refractivity contribution in [2.24, 2.45) is 5.92 Å². The fourth-order valence-corrected chi connectivity index (χ4v) is 2.74. The zero-order valence-electron chi connectivity index (χ0n) is 11.2. The van der Waals surface area contributed by atoms with Crippen LogP contribution in [0.1, 0.15) is 33.6 Å². The summed E-state index contributed by atoms with van der Waals surface area (Å²) < 4.78 is 5.74. The van der Waals surface area contributed by atoms with E-state index in [0.29, 0.717) is 5.92 Å². The number of carbonyl (C=O) groups is 1. The van der Waals surface area contributed by atoms with E-state index in [4.69, 9.17) is 4.74 Å². The topological polar surface area (TPSA) is 41.6 Å². The molecule has 17 heavy (non-hydrogen) atoms. The fraction of sp³-hybridized carbons (Fsp3) is 0.923. The molecule has 0 radical (unpaired) electrons. The van der Waals surface area contributed by atoms with Crippen LogP contribution in [0.5, 0.6) is 0 Å². The van der Waals surface area contributed by atoms with Crippen LogP contribution in [0.4, 0.5) is 0 Å². The first-order valence-corrected chi connectivity index (χ1v) is 6.61. The second kappa shape index (κ2) is 4.94. The van der Waals surface area contributed by atoms with Crippen LogP contribution >= 0.6 is 0 Å². The smallest absolute Gasteiger partial charge is 0.249 e. The van der Waals surface area contributed by atoms with E-state index in [0.717, 1.165) is 32.5 Å². The van der Waals surface area contributed by atoms with Gasteiger partial charge in [0.15, 0.2) is 0 Å². The molecular formula is C13H24N2O2. The van der Waals surface area contributed by atoms with Crippen LogP contribution in [0, 0.1) is 5.92 Å². The molecule has 4 heteroatoms. The molecule has 2 fully saturated rings. The average molecular weight is 240 g/mol. The minimum atomic E-state index is -0.0912. The summed E-state index contributed by atoms with van der Waals surface area (Å²) in [7, 11) is 0. The Balaban J connectivity index is 1.99. The molecule has 1 amide bonds. The molecule has 98 valence electrons. The summed E-state index contributed by atoms with van der Waals surface area (Å²) in [5, 5.41) is 3.37. The summed E-state index contributed by atoms with van der Waals surface area (Å²) in [5.74, 6) is 0.733. The number of morpholine rings is 1. The Hall–Kier alpha value is -0.610. The van der Waals surface area contributed by atoms with Gasteiger partial charge in [-0.25, -0.2) is 0 Å². The normalized spacial score (nSPS) is 28.5. The summed E-state index contributed by atoms with van der Waals surface area (Å²) in [4.78, 5) is 13.8. The van der Waals surface area contributed by atoms with Gasteiger partial charge in [0.2, 0.25) is 5.91 Å². The summed E-state index contributed by atoms with van der Waals surface area (Å²) in [6, 6.07) is 0. The van der Waals surface area contributed by atoms with E-state index >= 15 is 0 Å². The van der Waals surface area contributed by atoms with Gasteiger partial charge in [-0.15, -0.1) is 0 Å². The molecule has 0 aromatic rings. The first-order chi connectivity index (χ1) is 7.98. The Morgan fingerprint density at radius 2 is 1.94 bits per heavy atom.